The lowest BCUT2D eigenvalue weighted by Crippen LogP contribution is -2.51. The maximum Gasteiger partial charge on any atom is 0.200 e. The quantitative estimate of drug-likeness (QED) is 0.361. The van der Waals surface area contributed by atoms with Gasteiger partial charge in [-0.2, -0.15) is 5.10 Å². The molecule has 1 unspecified atom stereocenters. The molecule has 4 aromatic rings. The van der Waals surface area contributed by atoms with Crippen molar-refractivity contribution in [2.75, 3.05) is 0 Å². The number of benzene rings is 1. The molecule has 10 heteroatoms. The Bertz CT molecular complexity index is 1540. The van der Waals surface area contributed by atoms with Crippen LogP contribution in [0.15, 0.2) is 65.4 Å². The van der Waals surface area contributed by atoms with Crippen molar-refractivity contribution in [3.8, 4) is 5.69 Å². The van der Waals surface area contributed by atoms with E-state index in [1.807, 2.05) is 12.3 Å². The van der Waals surface area contributed by atoms with Crippen molar-refractivity contribution in [3.63, 3.8) is 0 Å². The van der Waals surface area contributed by atoms with Crippen LogP contribution in [-0.4, -0.2) is 38.8 Å². The molecule has 3 aromatic heterocycles. The fourth-order valence-corrected chi connectivity index (χ4v) is 8.53. The van der Waals surface area contributed by atoms with Crippen LogP contribution < -0.4 is 0 Å². The third-order valence-corrected chi connectivity index (χ3v) is 10.7. The highest BCUT2D eigenvalue weighted by atomic mass is 32.2. The van der Waals surface area contributed by atoms with E-state index >= 15 is 0 Å². The molecule has 0 N–H and O–H groups in total. The van der Waals surface area contributed by atoms with Crippen molar-refractivity contribution in [3.05, 3.63) is 82.5 Å². The Morgan fingerprint density at radius 2 is 1.94 bits per heavy atom. The Morgan fingerprint density at radius 1 is 1.14 bits per heavy atom. The fourth-order valence-electron chi connectivity index (χ4n) is 6.05. The summed E-state index contributed by atoms with van der Waals surface area (Å²) in [6, 6.07) is 9.90. The first-order valence-corrected chi connectivity index (χ1v) is 14.3. The molecule has 36 heavy (non-hydrogen) atoms. The number of nitrogens with zero attached hydrogens (tertiary/aromatic N) is 4. The smallest absolute Gasteiger partial charge is 0.200 e. The van der Waals surface area contributed by atoms with Crippen molar-refractivity contribution in [2.45, 2.75) is 42.4 Å². The Hall–Kier alpha value is -3.11. The van der Waals surface area contributed by atoms with Gasteiger partial charge < -0.3 is 4.57 Å². The van der Waals surface area contributed by atoms with E-state index in [0.717, 1.165) is 16.9 Å². The van der Waals surface area contributed by atoms with Crippen molar-refractivity contribution >= 4 is 27.0 Å². The molecule has 7 nitrogen and oxygen atoms in total. The lowest BCUT2D eigenvalue weighted by molar-refractivity contribution is 0.0493. The zero-order chi connectivity index (χ0) is 25.1. The van der Waals surface area contributed by atoms with Gasteiger partial charge in [0.05, 0.1) is 5.25 Å². The molecule has 0 bridgehead atoms. The number of hydrogen-bond donors (Lipinski definition) is 0. The average molecular weight is 525 g/mol. The maximum atomic E-state index is 14.0. The average Bonchev–Trinajstić information content (AvgIpc) is 3.63. The molecule has 3 atom stereocenters. The summed E-state index contributed by atoms with van der Waals surface area (Å²) < 4.78 is 44.2. The van der Waals surface area contributed by atoms with Crippen LogP contribution >= 0.6 is 11.3 Å². The number of aryl methyl sites for hydroxylation is 1. The topological polar surface area (TPSA) is 86.9 Å². The van der Waals surface area contributed by atoms with Gasteiger partial charge in [-0.25, -0.2) is 17.8 Å². The van der Waals surface area contributed by atoms with Gasteiger partial charge in [0.1, 0.15) is 5.82 Å². The number of ketones is 1. The minimum absolute atomic E-state index is 0.0225. The lowest BCUT2D eigenvalue weighted by atomic mass is 9.57. The van der Waals surface area contributed by atoms with Gasteiger partial charge in [0.2, 0.25) is 0 Å². The standard InChI is InChI=1S/C26H25FN4O3S2/c1-30-11-9-23(29-30)36(33,34)21-7-2-18-14-22-17(8-12-31(22)20-5-3-19(27)4-6-20)15-26(18,16-21)24(32)25-28-10-13-35-25/h3-6,8-13,18,21H,2,7,14-16H2,1H3/t18?,21-,26-/m0/s1. The summed E-state index contributed by atoms with van der Waals surface area (Å²) in [7, 11) is -2.00. The molecule has 186 valence electrons. The van der Waals surface area contributed by atoms with Gasteiger partial charge in [0.25, 0.3) is 0 Å². The minimum atomic E-state index is -3.69. The minimum Gasteiger partial charge on any atom is -0.321 e. The van der Waals surface area contributed by atoms with E-state index in [2.05, 4.69) is 14.6 Å². The summed E-state index contributed by atoms with van der Waals surface area (Å²) >= 11 is 1.30. The molecule has 3 heterocycles. The second-order valence-corrected chi connectivity index (χ2v) is 12.9. The first-order chi connectivity index (χ1) is 17.3. The Kier molecular flexibility index (Phi) is 5.49. The maximum absolute atomic E-state index is 14.0. The van der Waals surface area contributed by atoms with Crippen LogP contribution in [0.3, 0.4) is 0 Å². The highest BCUT2D eigenvalue weighted by Gasteiger charge is 2.55. The first-order valence-electron chi connectivity index (χ1n) is 11.9. The summed E-state index contributed by atoms with van der Waals surface area (Å²) in [5.74, 6) is -0.380. The molecule has 0 amide bonds. The lowest BCUT2D eigenvalue weighted by Gasteiger charge is -2.48. The predicted molar refractivity (Wildman–Crippen MR) is 134 cm³/mol. The van der Waals surface area contributed by atoms with E-state index in [9.17, 15) is 17.6 Å². The summed E-state index contributed by atoms with van der Waals surface area (Å²) in [5, 5.41) is 5.74. The molecule has 2 aliphatic carbocycles. The number of thiazole rings is 1. The van der Waals surface area contributed by atoms with Crippen LogP contribution in [0.25, 0.3) is 5.69 Å². The summed E-state index contributed by atoms with van der Waals surface area (Å²) in [5.41, 5.74) is 2.13. The number of carbonyl (C=O) groups is 1. The molecule has 0 saturated heterocycles. The zero-order valence-corrected chi connectivity index (χ0v) is 21.3. The van der Waals surface area contributed by atoms with E-state index in [0.29, 0.717) is 30.7 Å². The monoisotopic (exact) mass is 524 g/mol. The van der Waals surface area contributed by atoms with E-state index in [-0.39, 0.29) is 29.0 Å². The third kappa shape index (κ3) is 3.66. The van der Waals surface area contributed by atoms with E-state index < -0.39 is 20.5 Å². The van der Waals surface area contributed by atoms with Gasteiger partial charge >= 0.3 is 0 Å². The number of sulfone groups is 1. The number of Topliss-reactive ketones (excluding diaryl/α,β-unsaturated/α-hetero) is 1. The molecule has 1 aromatic carbocycles. The molecule has 0 spiro atoms. The van der Waals surface area contributed by atoms with E-state index in [1.165, 1.54) is 34.2 Å². The fraction of sp³-hybridized carbons (Fsp3) is 0.346. The van der Waals surface area contributed by atoms with Crippen LogP contribution in [0.5, 0.6) is 0 Å². The van der Waals surface area contributed by atoms with Crippen LogP contribution in [0.4, 0.5) is 4.39 Å². The molecule has 2 aliphatic rings. The number of aromatic nitrogens is 4. The van der Waals surface area contributed by atoms with Crippen molar-refractivity contribution in [1.82, 2.24) is 19.3 Å². The van der Waals surface area contributed by atoms with Crippen LogP contribution in [0.1, 0.15) is 40.3 Å². The molecule has 0 aliphatic heterocycles. The first kappa shape index (κ1) is 23.3. The second kappa shape index (κ2) is 8.48. The molecular weight excluding hydrogens is 499 g/mol. The summed E-state index contributed by atoms with van der Waals surface area (Å²) in [4.78, 5) is 18.3. The van der Waals surface area contributed by atoms with Gasteiger partial charge in [-0.3, -0.25) is 9.48 Å². The molecule has 1 saturated carbocycles. The molecule has 1 fully saturated rings. The zero-order valence-electron chi connectivity index (χ0n) is 19.7. The largest absolute Gasteiger partial charge is 0.321 e. The number of rotatable bonds is 5. The predicted octanol–water partition coefficient (Wildman–Crippen LogP) is 4.42. The van der Waals surface area contributed by atoms with Gasteiger partial charge in [-0.15, -0.1) is 11.3 Å². The number of fused-ring (bicyclic) bond motifs is 2. The summed E-state index contributed by atoms with van der Waals surface area (Å²) in [6.07, 6.45) is 7.63. The van der Waals surface area contributed by atoms with E-state index in [4.69, 9.17) is 0 Å². The summed E-state index contributed by atoms with van der Waals surface area (Å²) in [6.45, 7) is 0. The van der Waals surface area contributed by atoms with Crippen LogP contribution in [0, 0.1) is 17.2 Å². The van der Waals surface area contributed by atoms with Gasteiger partial charge in [-0.1, -0.05) is 0 Å². The van der Waals surface area contributed by atoms with Crippen molar-refractivity contribution < 1.29 is 17.6 Å². The SMILES string of the molecule is Cn1ccc(S(=O)(=O)[C@H]2CCC3Cc4c(ccn4-c4ccc(F)cc4)C[C@]3(C(=O)c3nccs3)C2)n1. The molecule has 0 radical (unpaired) electrons. The van der Waals surface area contributed by atoms with Crippen molar-refractivity contribution in [2.24, 2.45) is 18.4 Å². The van der Waals surface area contributed by atoms with Crippen LogP contribution in [0.2, 0.25) is 0 Å². The molecule has 6 rings (SSSR count). The van der Waals surface area contributed by atoms with Gasteiger partial charge in [0, 0.05) is 47.8 Å². The number of hydrogen-bond acceptors (Lipinski definition) is 6. The second-order valence-electron chi connectivity index (χ2n) is 9.81. The van der Waals surface area contributed by atoms with Gasteiger partial charge in [0.15, 0.2) is 25.7 Å². The van der Waals surface area contributed by atoms with Crippen LogP contribution in [-0.2, 0) is 29.7 Å². The Balaban J connectivity index is 1.42. The normalized spacial score (nSPS) is 23.7. The highest BCUT2D eigenvalue weighted by Crippen LogP contribution is 2.53. The Labute approximate surface area is 212 Å². The number of carbonyl (C=O) groups excluding carboxylic acids is 1. The Morgan fingerprint density at radius 3 is 2.64 bits per heavy atom. The third-order valence-electron chi connectivity index (χ3n) is 7.85. The highest BCUT2D eigenvalue weighted by molar-refractivity contribution is 7.92. The van der Waals surface area contributed by atoms with Gasteiger partial charge in [-0.05, 0) is 80.0 Å². The van der Waals surface area contributed by atoms with E-state index in [1.54, 1.807) is 37.0 Å². The molecular formula is C26H25FN4O3S2. The van der Waals surface area contributed by atoms with Crippen molar-refractivity contribution in [1.29, 1.82) is 0 Å². The number of halogens is 1.